The summed E-state index contributed by atoms with van der Waals surface area (Å²) in [5.74, 6) is 0.805. The van der Waals surface area contributed by atoms with Gasteiger partial charge in [-0.15, -0.1) is 0 Å². The van der Waals surface area contributed by atoms with Crippen molar-refractivity contribution in [2.75, 3.05) is 32.1 Å². The van der Waals surface area contributed by atoms with Crippen LogP contribution in [-0.4, -0.2) is 65.6 Å². The summed E-state index contributed by atoms with van der Waals surface area (Å²) in [4.78, 5) is 29.6. The number of carbonyl (C=O) groups is 2. The molecule has 4 rings (SSSR count). The number of nitrogens with one attached hydrogen (secondary N) is 1. The number of ether oxygens (including phenoxy) is 1. The van der Waals surface area contributed by atoms with Gasteiger partial charge in [-0.2, -0.15) is 0 Å². The van der Waals surface area contributed by atoms with Crippen LogP contribution in [0.4, 0.5) is 5.69 Å². The zero-order chi connectivity index (χ0) is 24.9. The fourth-order valence-electron chi connectivity index (χ4n) is 4.58. The molecule has 2 amide bonds. The van der Waals surface area contributed by atoms with Crippen LogP contribution in [0.3, 0.4) is 0 Å². The molecule has 3 atom stereocenters. The predicted octanol–water partition coefficient (Wildman–Crippen LogP) is 3.32. The molecule has 7 heteroatoms. The van der Waals surface area contributed by atoms with E-state index < -0.39 is 0 Å². The summed E-state index contributed by atoms with van der Waals surface area (Å²) in [6.45, 7) is 5.85. The molecule has 2 aromatic rings. The number of hydrogen-bond donors (Lipinski definition) is 2. The number of anilines is 1. The Balaban J connectivity index is 1.58. The van der Waals surface area contributed by atoms with E-state index in [2.05, 4.69) is 36.3 Å². The minimum Gasteiger partial charge on any atom is -0.488 e. The Morgan fingerprint density at radius 2 is 1.97 bits per heavy atom. The topological polar surface area (TPSA) is 82.1 Å². The van der Waals surface area contributed by atoms with Crippen LogP contribution in [-0.2, 0) is 22.6 Å². The highest BCUT2D eigenvalue weighted by Crippen LogP contribution is 2.32. The molecule has 0 radical (unpaired) electrons. The van der Waals surface area contributed by atoms with Gasteiger partial charge in [-0.1, -0.05) is 37.3 Å². The molecule has 0 aromatic heterocycles. The fourth-order valence-corrected chi connectivity index (χ4v) is 4.58. The van der Waals surface area contributed by atoms with Crippen molar-refractivity contribution in [1.29, 1.82) is 0 Å². The van der Waals surface area contributed by atoms with Crippen molar-refractivity contribution in [2.45, 2.75) is 51.8 Å². The van der Waals surface area contributed by atoms with Gasteiger partial charge < -0.3 is 20.1 Å². The Morgan fingerprint density at radius 1 is 1.23 bits per heavy atom. The molecule has 2 N–H and O–H groups in total. The largest absolute Gasteiger partial charge is 0.488 e. The molecule has 1 fully saturated rings. The lowest BCUT2D eigenvalue weighted by Gasteiger charge is -2.34. The zero-order valence-electron chi connectivity index (χ0n) is 20.9. The molecule has 1 aliphatic carbocycles. The van der Waals surface area contributed by atoms with Crippen molar-refractivity contribution < 1.29 is 19.4 Å². The molecule has 2 aliphatic rings. The van der Waals surface area contributed by atoms with Crippen LogP contribution in [0.5, 0.6) is 5.75 Å². The summed E-state index contributed by atoms with van der Waals surface area (Å²) in [7, 11) is 2.08. The van der Waals surface area contributed by atoms with Crippen LogP contribution in [0.15, 0.2) is 48.5 Å². The van der Waals surface area contributed by atoms with Crippen LogP contribution in [0, 0.1) is 11.8 Å². The van der Waals surface area contributed by atoms with E-state index in [0.29, 0.717) is 24.5 Å². The highest BCUT2D eigenvalue weighted by atomic mass is 16.5. The number of carbonyl (C=O) groups excluding carboxylic acids is 2. The third-order valence-corrected chi connectivity index (χ3v) is 6.92. The molecule has 1 aliphatic heterocycles. The number of hydrogen-bond acceptors (Lipinski definition) is 5. The second kappa shape index (κ2) is 11.2. The molecule has 1 saturated carbocycles. The van der Waals surface area contributed by atoms with Crippen LogP contribution in [0.25, 0.3) is 0 Å². The molecule has 0 bridgehead atoms. The first-order valence-electron chi connectivity index (χ1n) is 12.6. The van der Waals surface area contributed by atoms with E-state index in [0.717, 1.165) is 24.9 Å². The smallest absolute Gasteiger partial charge is 0.227 e. The highest BCUT2D eigenvalue weighted by molar-refractivity contribution is 5.94. The summed E-state index contributed by atoms with van der Waals surface area (Å²) in [6.07, 6.45) is 1.87. The van der Waals surface area contributed by atoms with Crippen molar-refractivity contribution in [2.24, 2.45) is 11.8 Å². The Kier molecular flexibility index (Phi) is 8.08. The number of amides is 2. The predicted molar refractivity (Wildman–Crippen MR) is 136 cm³/mol. The summed E-state index contributed by atoms with van der Waals surface area (Å²) in [5.41, 5.74) is 2.67. The van der Waals surface area contributed by atoms with Gasteiger partial charge in [0.15, 0.2) is 0 Å². The van der Waals surface area contributed by atoms with E-state index in [1.807, 2.05) is 43.3 Å². The van der Waals surface area contributed by atoms with Crippen molar-refractivity contribution in [1.82, 2.24) is 9.80 Å². The Labute approximate surface area is 208 Å². The lowest BCUT2D eigenvalue weighted by atomic mass is 10.0. The molecule has 7 nitrogen and oxygen atoms in total. The second-order valence-corrected chi connectivity index (χ2v) is 10.2. The lowest BCUT2D eigenvalue weighted by molar-refractivity contribution is -0.134. The number of aliphatic hydroxyl groups excluding tert-OH is 1. The molecule has 0 saturated heterocycles. The maximum atomic E-state index is 13.3. The van der Waals surface area contributed by atoms with E-state index in [-0.39, 0.29) is 48.8 Å². The molecular formula is C28H37N3O4. The van der Waals surface area contributed by atoms with Gasteiger partial charge in [0.2, 0.25) is 11.8 Å². The number of benzene rings is 2. The van der Waals surface area contributed by atoms with E-state index in [1.54, 1.807) is 4.90 Å². The average molecular weight is 480 g/mol. The Bertz CT molecular complexity index is 1020. The minimum absolute atomic E-state index is 0.0322. The van der Waals surface area contributed by atoms with Crippen LogP contribution in [0.1, 0.15) is 37.8 Å². The summed E-state index contributed by atoms with van der Waals surface area (Å²) in [6, 6.07) is 15.6. The van der Waals surface area contributed by atoms with Crippen molar-refractivity contribution >= 4 is 17.5 Å². The number of likely N-dealkylation sites (N-methyl/N-ethyl adjacent to an activating group) is 1. The van der Waals surface area contributed by atoms with Gasteiger partial charge in [-0.3, -0.25) is 14.5 Å². The number of nitrogens with zero attached hydrogens (tertiary/aromatic N) is 2. The first kappa shape index (κ1) is 25.2. The molecule has 0 spiro atoms. The average Bonchev–Trinajstić information content (AvgIpc) is 3.68. The number of rotatable bonds is 8. The van der Waals surface area contributed by atoms with Gasteiger partial charge in [0.1, 0.15) is 11.9 Å². The summed E-state index contributed by atoms with van der Waals surface area (Å²) < 4.78 is 6.57. The van der Waals surface area contributed by atoms with E-state index >= 15 is 0 Å². The molecule has 1 heterocycles. The molecular weight excluding hydrogens is 442 g/mol. The van der Waals surface area contributed by atoms with Gasteiger partial charge in [-0.05, 0) is 50.6 Å². The normalized spacial score (nSPS) is 21.4. The summed E-state index contributed by atoms with van der Waals surface area (Å²) in [5, 5.41) is 12.8. The molecule has 2 aromatic carbocycles. The fraction of sp³-hybridized carbons (Fsp3) is 0.500. The molecule has 0 unspecified atom stereocenters. The SMILES string of the molecule is C[C@H]1CN([C@@H](C)CO)C(=O)Cc2cc(NC(=O)C3CC3)ccc2O[C@@H]1CN(C)Cc1ccccc1. The van der Waals surface area contributed by atoms with Gasteiger partial charge in [0.05, 0.1) is 19.1 Å². The Morgan fingerprint density at radius 3 is 2.66 bits per heavy atom. The van der Waals surface area contributed by atoms with E-state index in [9.17, 15) is 14.7 Å². The van der Waals surface area contributed by atoms with Crippen molar-refractivity contribution in [3.8, 4) is 5.75 Å². The first-order valence-corrected chi connectivity index (χ1v) is 12.6. The highest BCUT2D eigenvalue weighted by Gasteiger charge is 2.32. The van der Waals surface area contributed by atoms with Gasteiger partial charge in [0, 0.05) is 42.7 Å². The van der Waals surface area contributed by atoms with E-state index in [4.69, 9.17) is 4.74 Å². The van der Waals surface area contributed by atoms with E-state index in [1.165, 1.54) is 5.56 Å². The Hall–Kier alpha value is -2.90. The zero-order valence-corrected chi connectivity index (χ0v) is 20.9. The quantitative estimate of drug-likeness (QED) is 0.607. The first-order chi connectivity index (χ1) is 16.8. The standard InChI is InChI=1S/C28H37N3O4/c1-19-15-31(20(2)18-32)27(33)14-23-13-24(29-28(34)22-9-10-22)11-12-25(23)35-26(19)17-30(3)16-21-7-5-4-6-8-21/h4-8,11-13,19-20,22,26,32H,9-10,14-18H2,1-3H3,(H,29,34)/t19-,20-,26+/m0/s1. The van der Waals surface area contributed by atoms with Crippen molar-refractivity contribution in [3.05, 3.63) is 59.7 Å². The number of aliphatic hydroxyl groups is 1. The second-order valence-electron chi connectivity index (χ2n) is 10.2. The maximum absolute atomic E-state index is 13.3. The monoisotopic (exact) mass is 479 g/mol. The van der Waals surface area contributed by atoms with Gasteiger partial charge >= 0.3 is 0 Å². The van der Waals surface area contributed by atoms with Gasteiger partial charge in [0.25, 0.3) is 0 Å². The lowest BCUT2D eigenvalue weighted by Crippen LogP contribution is -2.47. The third-order valence-electron chi connectivity index (χ3n) is 6.92. The van der Waals surface area contributed by atoms with Crippen LogP contribution < -0.4 is 10.1 Å². The third kappa shape index (κ3) is 6.61. The van der Waals surface area contributed by atoms with Crippen LogP contribution in [0.2, 0.25) is 0 Å². The van der Waals surface area contributed by atoms with Crippen LogP contribution >= 0.6 is 0 Å². The van der Waals surface area contributed by atoms with Crippen molar-refractivity contribution in [3.63, 3.8) is 0 Å². The summed E-state index contributed by atoms with van der Waals surface area (Å²) >= 11 is 0. The van der Waals surface area contributed by atoms with Gasteiger partial charge in [-0.25, -0.2) is 0 Å². The molecule has 35 heavy (non-hydrogen) atoms. The minimum atomic E-state index is -0.285. The number of fused-ring (bicyclic) bond motifs is 1. The molecule has 188 valence electrons. The maximum Gasteiger partial charge on any atom is 0.227 e.